The van der Waals surface area contributed by atoms with Crippen LogP contribution in [0.15, 0.2) is 24.3 Å². The van der Waals surface area contributed by atoms with Crippen LogP contribution in [0.4, 0.5) is 0 Å². The lowest BCUT2D eigenvalue weighted by Crippen LogP contribution is -2.41. The molecule has 106 valence electrons. The van der Waals surface area contributed by atoms with Gasteiger partial charge in [-0.2, -0.15) is 0 Å². The van der Waals surface area contributed by atoms with Crippen LogP contribution in [0.25, 0.3) is 0 Å². The van der Waals surface area contributed by atoms with E-state index < -0.39 is 6.04 Å². The molecule has 0 bridgehead atoms. The molecule has 3 heteroatoms. The molecule has 0 spiro atoms. The lowest BCUT2D eigenvalue weighted by molar-refractivity contribution is -0.123. The van der Waals surface area contributed by atoms with Crippen molar-refractivity contribution in [2.24, 2.45) is 11.7 Å². The molecular weight excluding hydrogens is 236 g/mol. The highest BCUT2D eigenvalue weighted by molar-refractivity contribution is 5.81. The zero-order valence-electron chi connectivity index (χ0n) is 12.4. The summed E-state index contributed by atoms with van der Waals surface area (Å²) in [5.74, 6) is 0.232. The molecule has 3 nitrogen and oxygen atoms in total. The molecule has 0 radical (unpaired) electrons. The van der Waals surface area contributed by atoms with Crippen molar-refractivity contribution in [3.05, 3.63) is 35.4 Å². The van der Waals surface area contributed by atoms with Gasteiger partial charge in [0.15, 0.2) is 0 Å². The van der Waals surface area contributed by atoms with E-state index in [1.54, 1.807) is 6.92 Å². The molecule has 1 rings (SSSR count). The van der Waals surface area contributed by atoms with Crippen LogP contribution in [0.5, 0.6) is 0 Å². The minimum atomic E-state index is -0.472. The summed E-state index contributed by atoms with van der Waals surface area (Å²) in [5, 5.41) is 3.02. The number of rotatable bonds is 6. The van der Waals surface area contributed by atoms with Crippen LogP contribution >= 0.6 is 0 Å². The van der Waals surface area contributed by atoms with Crippen molar-refractivity contribution in [2.75, 3.05) is 0 Å². The fraction of sp³-hybridized carbons (Fsp3) is 0.562. The molecular formula is C16H26N2O. The summed E-state index contributed by atoms with van der Waals surface area (Å²) >= 11 is 0. The normalized spacial score (nSPS) is 14.2. The second kappa shape index (κ2) is 7.29. The van der Waals surface area contributed by atoms with Crippen molar-refractivity contribution in [1.82, 2.24) is 5.32 Å². The molecule has 0 aromatic heterocycles. The lowest BCUT2D eigenvalue weighted by atomic mass is 9.94. The monoisotopic (exact) mass is 262 g/mol. The molecule has 0 aliphatic rings. The lowest BCUT2D eigenvalue weighted by Gasteiger charge is -2.24. The van der Waals surface area contributed by atoms with Gasteiger partial charge in [-0.1, -0.05) is 51.5 Å². The highest BCUT2D eigenvalue weighted by Gasteiger charge is 2.19. The van der Waals surface area contributed by atoms with Gasteiger partial charge in [0.2, 0.25) is 5.91 Å². The Kier molecular flexibility index (Phi) is 6.03. The van der Waals surface area contributed by atoms with Gasteiger partial charge in [-0.25, -0.2) is 0 Å². The number of amides is 1. The molecule has 0 aliphatic carbocycles. The SMILES string of the molecule is CCCc1ccc(C(NC(=O)[C@@H](C)N)C(C)C)cc1. The van der Waals surface area contributed by atoms with Crippen molar-refractivity contribution in [3.8, 4) is 0 Å². The maximum atomic E-state index is 11.8. The number of carbonyl (C=O) groups is 1. The molecule has 0 saturated carbocycles. The minimum Gasteiger partial charge on any atom is -0.348 e. The highest BCUT2D eigenvalue weighted by atomic mass is 16.2. The van der Waals surface area contributed by atoms with Crippen LogP contribution in [0.1, 0.15) is 51.3 Å². The Hall–Kier alpha value is -1.35. The summed E-state index contributed by atoms with van der Waals surface area (Å²) in [5.41, 5.74) is 8.10. The topological polar surface area (TPSA) is 55.1 Å². The molecule has 1 unspecified atom stereocenters. The second-order valence-corrected chi connectivity index (χ2v) is 5.51. The van der Waals surface area contributed by atoms with Crippen LogP contribution in [0, 0.1) is 5.92 Å². The molecule has 1 aromatic rings. The van der Waals surface area contributed by atoms with Gasteiger partial charge in [0.05, 0.1) is 12.1 Å². The average Bonchev–Trinajstić information content (AvgIpc) is 2.36. The number of aryl methyl sites for hydroxylation is 1. The molecule has 1 amide bonds. The maximum absolute atomic E-state index is 11.8. The summed E-state index contributed by atoms with van der Waals surface area (Å²) < 4.78 is 0. The van der Waals surface area contributed by atoms with Gasteiger partial charge in [0.1, 0.15) is 0 Å². The summed E-state index contributed by atoms with van der Waals surface area (Å²) in [6, 6.07) is 8.06. The van der Waals surface area contributed by atoms with E-state index in [0.717, 1.165) is 18.4 Å². The third-order valence-electron chi connectivity index (χ3n) is 3.26. The third-order valence-corrected chi connectivity index (χ3v) is 3.26. The first kappa shape index (κ1) is 15.7. The summed E-state index contributed by atoms with van der Waals surface area (Å²) in [7, 11) is 0. The van der Waals surface area contributed by atoms with Crippen LogP contribution in [0.3, 0.4) is 0 Å². The summed E-state index contributed by atoms with van der Waals surface area (Å²) in [6.45, 7) is 8.09. The van der Waals surface area contributed by atoms with E-state index in [1.165, 1.54) is 5.56 Å². The zero-order chi connectivity index (χ0) is 14.4. The van der Waals surface area contributed by atoms with Gasteiger partial charge in [-0.3, -0.25) is 4.79 Å². The number of benzene rings is 1. The Morgan fingerprint density at radius 3 is 2.21 bits per heavy atom. The fourth-order valence-electron chi connectivity index (χ4n) is 2.10. The van der Waals surface area contributed by atoms with Crippen LogP contribution in [0.2, 0.25) is 0 Å². The molecule has 19 heavy (non-hydrogen) atoms. The van der Waals surface area contributed by atoms with E-state index >= 15 is 0 Å². The Labute approximate surface area is 116 Å². The Balaban J connectivity index is 2.84. The molecule has 1 aromatic carbocycles. The number of nitrogens with one attached hydrogen (secondary N) is 1. The highest BCUT2D eigenvalue weighted by Crippen LogP contribution is 2.22. The number of carbonyl (C=O) groups excluding carboxylic acids is 1. The van der Waals surface area contributed by atoms with E-state index in [2.05, 4.69) is 50.4 Å². The van der Waals surface area contributed by atoms with E-state index in [0.29, 0.717) is 5.92 Å². The van der Waals surface area contributed by atoms with Gasteiger partial charge in [-0.15, -0.1) is 0 Å². The van der Waals surface area contributed by atoms with Gasteiger partial charge >= 0.3 is 0 Å². The smallest absolute Gasteiger partial charge is 0.237 e. The van der Waals surface area contributed by atoms with Crippen molar-refractivity contribution in [2.45, 2.75) is 52.6 Å². The molecule has 2 atom stereocenters. The molecule has 3 N–H and O–H groups in total. The van der Waals surface area contributed by atoms with Gasteiger partial charge in [0.25, 0.3) is 0 Å². The van der Waals surface area contributed by atoms with Gasteiger partial charge in [0, 0.05) is 0 Å². The second-order valence-electron chi connectivity index (χ2n) is 5.51. The summed E-state index contributed by atoms with van der Waals surface area (Å²) in [6.07, 6.45) is 2.24. The molecule has 0 aliphatic heterocycles. The maximum Gasteiger partial charge on any atom is 0.237 e. The first-order valence-corrected chi connectivity index (χ1v) is 7.10. The van der Waals surface area contributed by atoms with Crippen molar-refractivity contribution in [1.29, 1.82) is 0 Å². The van der Waals surface area contributed by atoms with Crippen molar-refractivity contribution < 1.29 is 4.79 Å². The van der Waals surface area contributed by atoms with E-state index in [-0.39, 0.29) is 11.9 Å². The summed E-state index contributed by atoms with van der Waals surface area (Å²) in [4.78, 5) is 11.8. The van der Waals surface area contributed by atoms with Crippen molar-refractivity contribution in [3.63, 3.8) is 0 Å². The quantitative estimate of drug-likeness (QED) is 0.828. The average molecular weight is 262 g/mol. The standard InChI is InChI=1S/C16H26N2O/c1-5-6-13-7-9-14(10-8-13)15(11(2)3)18-16(19)12(4)17/h7-12,15H,5-6,17H2,1-4H3,(H,18,19)/t12-,15?/m1/s1. The Morgan fingerprint density at radius 2 is 1.79 bits per heavy atom. The van der Waals surface area contributed by atoms with E-state index in [4.69, 9.17) is 5.73 Å². The Bertz CT molecular complexity index is 396. The molecule has 0 heterocycles. The molecule has 0 saturated heterocycles. The van der Waals surface area contributed by atoms with E-state index in [9.17, 15) is 4.79 Å². The van der Waals surface area contributed by atoms with Gasteiger partial charge in [-0.05, 0) is 30.4 Å². The van der Waals surface area contributed by atoms with Crippen LogP contribution in [-0.4, -0.2) is 11.9 Å². The van der Waals surface area contributed by atoms with Crippen molar-refractivity contribution >= 4 is 5.91 Å². The van der Waals surface area contributed by atoms with E-state index in [1.807, 2.05) is 0 Å². The first-order chi connectivity index (χ1) is 8.95. The predicted molar refractivity (Wildman–Crippen MR) is 79.8 cm³/mol. The number of nitrogens with two attached hydrogens (primary N) is 1. The fourth-order valence-corrected chi connectivity index (χ4v) is 2.10. The largest absolute Gasteiger partial charge is 0.348 e. The Morgan fingerprint density at radius 1 is 1.21 bits per heavy atom. The van der Waals surface area contributed by atoms with Crippen LogP contribution < -0.4 is 11.1 Å². The van der Waals surface area contributed by atoms with Crippen LogP contribution in [-0.2, 0) is 11.2 Å². The first-order valence-electron chi connectivity index (χ1n) is 7.10. The number of hydrogen-bond donors (Lipinski definition) is 2. The predicted octanol–water partition coefficient (Wildman–Crippen LogP) is 2.80. The van der Waals surface area contributed by atoms with Gasteiger partial charge < -0.3 is 11.1 Å². The molecule has 0 fully saturated rings. The zero-order valence-corrected chi connectivity index (χ0v) is 12.4. The minimum absolute atomic E-state index is 0.0224. The third kappa shape index (κ3) is 4.67. The number of hydrogen-bond acceptors (Lipinski definition) is 2.